The molecule has 0 aromatic carbocycles. The van der Waals surface area contributed by atoms with E-state index in [0.717, 1.165) is 17.9 Å². The number of carbonyl (C=O) groups excluding carboxylic acids is 1. The summed E-state index contributed by atoms with van der Waals surface area (Å²) in [5.74, 6) is 0.453. The molecule has 1 saturated heterocycles. The van der Waals surface area contributed by atoms with Gasteiger partial charge in [0.05, 0.1) is 6.10 Å². The highest BCUT2D eigenvalue weighted by molar-refractivity contribution is 7.10. The molecule has 14 heavy (non-hydrogen) atoms. The minimum atomic E-state index is 0.113. The highest BCUT2D eigenvalue weighted by atomic mass is 32.1. The van der Waals surface area contributed by atoms with Gasteiger partial charge in [-0.05, 0) is 24.8 Å². The zero-order valence-electron chi connectivity index (χ0n) is 8.23. The van der Waals surface area contributed by atoms with Gasteiger partial charge in [-0.15, -0.1) is 11.3 Å². The van der Waals surface area contributed by atoms with Gasteiger partial charge in [0.1, 0.15) is 5.78 Å². The Bertz CT molecular complexity index is 305. The molecule has 1 aliphatic heterocycles. The molecule has 0 amide bonds. The van der Waals surface area contributed by atoms with Crippen LogP contribution in [-0.2, 0) is 16.0 Å². The van der Waals surface area contributed by atoms with E-state index in [0.29, 0.717) is 12.2 Å². The Hall–Kier alpha value is -0.670. The molecule has 2 rings (SSSR count). The number of rotatable bonds is 3. The van der Waals surface area contributed by atoms with Crippen molar-refractivity contribution in [1.82, 2.24) is 0 Å². The maximum absolute atomic E-state index is 11.8. The van der Waals surface area contributed by atoms with Gasteiger partial charge in [-0.1, -0.05) is 6.07 Å². The molecule has 1 aromatic rings. The van der Waals surface area contributed by atoms with Crippen LogP contribution in [0, 0.1) is 5.92 Å². The predicted octanol–water partition coefficient (Wildman–Crippen LogP) is 2.28. The topological polar surface area (TPSA) is 26.3 Å². The Kier molecular flexibility index (Phi) is 2.99. The van der Waals surface area contributed by atoms with Crippen LogP contribution >= 0.6 is 11.3 Å². The van der Waals surface area contributed by atoms with Crippen LogP contribution in [0.1, 0.15) is 18.2 Å². The zero-order valence-corrected chi connectivity index (χ0v) is 9.05. The van der Waals surface area contributed by atoms with Crippen LogP contribution in [0.3, 0.4) is 0 Å². The van der Waals surface area contributed by atoms with Crippen molar-refractivity contribution in [2.75, 3.05) is 6.61 Å². The number of ketones is 1. The van der Waals surface area contributed by atoms with Gasteiger partial charge in [0.25, 0.3) is 0 Å². The Morgan fingerprint density at radius 1 is 1.71 bits per heavy atom. The Morgan fingerprint density at radius 2 is 2.57 bits per heavy atom. The van der Waals surface area contributed by atoms with Crippen LogP contribution in [0.5, 0.6) is 0 Å². The normalized spacial score (nSPS) is 26.6. The van der Waals surface area contributed by atoms with Gasteiger partial charge in [0.2, 0.25) is 0 Å². The number of hydrogen-bond acceptors (Lipinski definition) is 3. The second-order valence-electron chi connectivity index (χ2n) is 3.69. The summed E-state index contributed by atoms with van der Waals surface area (Å²) < 4.78 is 5.39. The Balaban J connectivity index is 1.95. The zero-order chi connectivity index (χ0) is 9.97. The molecule has 0 saturated carbocycles. The first-order valence-electron chi connectivity index (χ1n) is 4.94. The third kappa shape index (κ3) is 2.04. The fraction of sp³-hybridized carbons (Fsp3) is 0.545. The second-order valence-corrected chi connectivity index (χ2v) is 4.73. The summed E-state index contributed by atoms with van der Waals surface area (Å²) in [4.78, 5) is 13.0. The summed E-state index contributed by atoms with van der Waals surface area (Å²) in [7, 11) is 0. The van der Waals surface area contributed by atoms with E-state index in [4.69, 9.17) is 4.74 Å². The third-order valence-electron chi connectivity index (χ3n) is 2.72. The lowest BCUT2D eigenvalue weighted by atomic mass is 9.95. The van der Waals surface area contributed by atoms with E-state index in [1.165, 1.54) is 0 Å². The average molecular weight is 210 g/mol. The van der Waals surface area contributed by atoms with E-state index in [1.54, 1.807) is 11.3 Å². The van der Waals surface area contributed by atoms with Crippen molar-refractivity contribution in [3.05, 3.63) is 22.4 Å². The van der Waals surface area contributed by atoms with E-state index in [-0.39, 0.29) is 12.0 Å². The van der Waals surface area contributed by atoms with Gasteiger partial charge in [0.15, 0.2) is 0 Å². The van der Waals surface area contributed by atoms with Crippen LogP contribution < -0.4 is 0 Å². The van der Waals surface area contributed by atoms with E-state index in [2.05, 4.69) is 0 Å². The SMILES string of the molecule is CC1OCCC1C(=O)Cc1cccs1. The maximum atomic E-state index is 11.8. The van der Waals surface area contributed by atoms with Crippen LogP contribution in [-0.4, -0.2) is 18.5 Å². The molecule has 0 bridgehead atoms. The van der Waals surface area contributed by atoms with Gasteiger partial charge < -0.3 is 4.74 Å². The highest BCUT2D eigenvalue weighted by Crippen LogP contribution is 2.23. The summed E-state index contributed by atoms with van der Waals surface area (Å²) >= 11 is 1.65. The largest absolute Gasteiger partial charge is 0.378 e. The van der Waals surface area contributed by atoms with Crippen molar-refractivity contribution >= 4 is 17.1 Å². The summed E-state index contributed by atoms with van der Waals surface area (Å²) in [6, 6.07) is 4.00. The fourth-order valence-electron chi connectivity index (χ4n) is 1.87. The van der Waals surface area contributed by atoms with Crippen molar-refractivity contribution in [1.29, 1.82) is 0 Å². The Labute approximate surface area is 87.9 Å². The van der Waals surface area contributed by atoms with Crippen molar-refractivity contribution in [2.45, 2.75) is 25.9 Å². The van der Waals surface area contributed by atoms with E-state index >= 15 is 0 Å². The first kappa shape index (κ1) is 9.87. The molecule has 1 aromatic heterocycles. The van der Waals surface area contributed by atoms with E-state index in [1.807, 2.05) is 24.4 Å². The standard InChI is InChI=1S/C11H14O2S/c1-8-10(4-5-13-8)11(12)7-9-3-2-6-14-9/h2-3,6,8,10H,4-5,7H2,1H3. The molecule has 2 unspecified atom stereocenters. The quantitative estimate of drug-likeness (QED) is 0.765. The second kappa shape index (κ2) is 4.24. The molecule has 0 N–H and O–H groups in total. The summed E-state index contributed by atoms with van der Waals surface area (Å²) in [5, 5.41) is 2.01. The molecule has 0 radical (unpaired) electrons. The smallest absolute Gasteiger partial charge is 0.143 e. The lowest BCUT2D eigenvalue weighted by molar-refractivity contribution is -0.123. The first-order valence-corrected chi connectivity index (χ1v) is 5.82. The van der Waals surface area contributed by atoms with Crippen molar-refractivity contribution in [2.24, 2.45) is 5.92 Å². The summed E-state index contributed by atoms with van der Waals surface area (Å²) in [6.45, 7) is 2.73. The Morgan fingerprint density at radius 3 is 3.14 bits per heavy atom. The number of Topliss-reactive ketones (excluding diaryl/α,β-unsaturated/α-hetero) is 1. The van der Waals surface area contributed by atoms with Gasteiger partial charge >= 0.3 is 0 Å². The molecule has 0 aliphatic carbocycles. The molecule has 2 atom stereocenters. The average Bonchev–Trinajstić information content (AvgIpc) is 2.75. The van der Waals surface area contributed by atoms with Gasteiger partial charge in [-0.2, -0.15) is 0 Å². The van der Waals surface area contributed by atoms with Crippen LogP contribution in [0.4, 0.5) is 0 Å². The van der Waals surface area contributed by atoms with E-state index < -0.39 is 0 Å². The third-order valence-corrected chi connectivity index (χ3v) is 3.59. The molecule has 1 aliphatic rings. The number of carbonyl (C=O) groups is 1. The molecular formula is C11H14O2S. The molecule has 2 heterocycles. The van der Waals surface area contributed by atoms with Crippen molar-refractivity contribution in [3.8, 4) is 0 Å². The minimum absolute atomic E-state index is 0.113. The van der Waals surface area contributed by atoms with Crippen LogP contribution in [0.15, 0.2) is 17.5 Å². The number of ether oxygens (including phenoxy) is 1. The van der Waals surface area contributed by atoms with Crippen LogP contribution in [0.2, 0.25) is 0 Å². The first-order chi connectivity index (χ1) is 6.77. The minimum Gasteiger partial charge on any atom is -0.378 e. The van der Waals surface area contributed by atoms with Crippen LogP contribution in [0.25, 0.3) is 0 Å². The molecule has 76 valence electrons. The number of hydrogen-bond donors (Lipinski definition) is 0. The van der Waals surface area contributed by atoms with Crippen molar-refractivity contribution in [3.63, 3.8) is 0 Å². The van der Waals surface area contributed by atoms with Gasteiger partial charge in [0, 0.05) is 23.8 Å². The van der Waals surface area contributed by atoms with Gasteiger partial charge in [-0.3, -0.25) is 4.79 Å². The van der Waals surface area contributed by atoms with E-state index in [9.17, 15) is 4.79 Å². The number of thiophene rings is 1. The lowest BCUT2D eigenvalue weighted by Gasteiger charge is -2.11. The predicted molar refractivity (Wildman–Crippen MR) is 56.6 cm³/mol. The molecule has 0 spiro atoms. The van der Waals surface area contributed by atoms with Crippen molar-refractivity contribution < 1.29 is 9.53 Å². The highest BCUT2D eigenvalue weighted by Gasteiger charge is 2.30. The van der Waals surface area contributed by atoms with Gasteiger partial charge in [-0.25, -0.2) is 0 Å². The molecular weight excluding hydrogens is 196 g/mol. The lowest BCUT2D eigenvalue weighted by Crippen LogP contribution is -2.22. The fourth-order valence-corrected chi connectivity index (χ4v) is 2.59. The molecule has 1 fully saturated rings. The summed E-state index contributed by atoms with van der Waals surface area (Å²) in [5.41, 5.74) is 0. The summed E-state index contributed by atoms with van der Waals surface area (Å²) in [6.07, 6.45) is 1.59. The molecule has 3 heteroatoms. The molecule has 2 nitrogen and oxygen atoms in total. The monoisotopic (exact) mass is 210 g/mol. The maximum Gasteiger partial charge on any atom is 0.143 e.